The van der Waals surface area contributed by atoms with E-state index in [4.69, 9.17) is 16.3 Å². The Morgan fingerprint density at radius 3 is 2.37 bits per heavy atom. The lowest BCUT2D eigenvalue weighted by Gasteiger charge is -2.14. The number of ether oxygens (including phenoxy) is 1. The van der Waals surface area contributed by atoms with Crippen molar-refractivity contribution in [3.05, 3.63) is 49.1 Å². The monoisotopic (exact) mass is 407 g/mol. The number of aromatic nitrogens is 2. The van der Waals surface area contributed by atoms with Gasteiger partial charge >= 0.3 is 12.2 Å². The molecule has 14 heteroatoms. The largest absolute Gasteiger partial charge is 0.464 e. The van der Waals surface area contributed by atoms with Gasteiger partial charge in [-0.15, -0.1) is 0 Å². The molecule has 27 heavy (non-hydrogen) atoms. The predicted octanol–water partition coefficient (Wildman–Crippen LogP) is 4.11. The van der Waals surface area contributed by atoms with Crippen LogP contribution in [-0.2, 0) is 6.18 Å². The molecule has 1 heterocycles. The van der Waals surface area contributed by atoms with Crippen LogP contribution < -0.4 is 10.1 Å². The molecule has 1 aromatic carbocycles. The molecule has 0 bridgehead atoms. The highest BCUT2D eigenvalue weighted by Crippen LogP contribution is 2.43. The Bertz CT molecular complexity index is 909. The van der Waals surface area contributed by atoms with E-state index in [9.17, 15) is 33.4 Å². The van der Waals surface area contributed by atoms with Gasteiger partial charge < -0.3 is 10.1 Å². The number of halogens is 4. The van der Waals surface area contributed by atoms with Gasteiger partial charge in [0.1, 0.15) is 16.7 Å². The molecule has 0 saturated carbocycles. The summed E-state index contributed by atoms with van der Waals surface area (Å²) in [4.78, 5) is 27.1. The zero-order valence-electron chi connectivity index (χ0n) is 13.3. The van der Waals surface area contributed by atoms with Gasteiger partial charge in [-0.25, -0.2) is 0 Å². The lowest BCUT2D eigenvalue weighted by atomic mass is 10.1. The van der Waals surface area contributed by atoms with E-state index < -0.39 is 38.6 Å². The third-order valence-corrected chi connectivity index (χ3v) is 3.21. The second-order valence-corrected chi connectivity index (χ2v) is 5.20. The van der Waals surface area contributed by atoms with Crippen LogP contribution >= 0.6 is 11.6 Å². The standard InChI is InChI=1S/C13H9ClF3N5O5/c1-2-27-12-18-9(14)5-10(20-12)19-11-7(13(15,16)17)3-6(21(23)24)4-8(11)22(25)26/h3-5H,2H2,1H3,(H,18,19,20). The number of hydrogen-bond acceptors (Lipinski definition) is 8. The number of non-ortho nitro benzene ring substituents is 1. The van der Waals surface area contributed by atoms with Gasteiger partial charge in [0.2, 0.25) is 0 Å². The lowest BCUT2D eigenvalue weighted by molar-refractivity contribution is -0.394. The first-order valence-electron chi connectivity index (χ1n) is 7.01. The SMILES string of the molecule is CCOc1nc(Cl)cc(Nc2c([N+](=O)[O-])cc([N+](=O)[O-])cc2C(F)(F)F)n1. The van der Waals surface area contributed by atoms with Crippen molar-refractivity contribution in [1.82, 2.24) is 9.97 Å². The summed E-state index contributed by atoms with van der Waals surface area (Å²) in [5.41, 5.74) is -4.90. The third kappa shape index (κ3) is 4.69. The average molecular weight is 408 g/mol. The van der Waals surface area contributed by atoms with Crippen LogP contribution in [0.3, 0.4) is 0 Å². The van der Waals surface area contributed by atoms with Gasteiger partial charge in [-0.3, -0.25) is 20.2 Å². The van der Waals surface area contributed by atoms with Crippen LogP contribution in [0.15, 0.2) is 18.2 Å². The van der Waals surface area contributed by atoms with E-state index in [0.717, 1.165) is 6.07 Å². The van der Waals surface area contributed by atoms with Crippen molar-refractivity contribution in [3.63, 3.8) is 0 Å². The minimum Gasteiger partial charge on any atom is -0.464 e. The van der Waals surface area contributed by atoms with Crippen LogP contribution in [0, 0.1) is 20.2 Å². The summed E-state index contributed by atoms with van der Waals surface area (Å²) in [5, 5.41) is 24.0. The number of alkyl halides is 3. The second-order valence-electron chi connectivity index (χ2n) is 4.82. The van der Waals surface area contributed by atoms with Crippen molar-refractivity contribution in [3.8, 4) is 6.01 Å². The maximum atomic E-state index is 13.3. The average Bonchev–Trinajstić information content (AvgIpc) is 2.53. The van der Waals surface area contributed by atoms with Gasteiger partial charge in [0.25, 0.3) is 11.4 Å². The van der Waals surface area contributed by atoms with E-state index in [2.05, 4.69) is 15.3 Å². The maximum absolute atomic E-state index is 13.3. The highest BCUT2D eigenvalue weighted by atomic mass is 35.5. The molecule has 144 valence electrons. The summed E-state index contributed by atoms with van der Waals surface area (Å²) in [6.45, 7) is 1.73. The summed E-state index contributed by atoms with van der Waals surface area (Å²) in [5.74, 6) is -0.332. The molecule has 2 rings (SSSR count). The van der Waals surface area contributed by atoms with Crippen molar-refractivity contribution in [2.45, 2.75) is 13.1 Å². The normalized spacial score (nSPS) is 11.1. The highest BCUT2D eigenvalue weighted by molar-refractivity contribution is 6.29. The topological polar surface area (TPSA) is 133 Å². The number of anilines is 2. The number of nitrogens with zero attached hydrogens (tertiary/aromatic N) is 4. The van der Waals surface area contributed by atoms with Crippen molar-refractivity contribution < 1.29 is 27.8 Å². The molecule has 0 aliphatic rings. The molecular weight excluding hydrogens is 399 g/mol. The first-order chi connectivity index (χ1) is 12.5. The molecule has 0 amide bonds. The van der Waals surface area contributed by atoms with Gasteiger partial charge in [-0.2, -0.15) is 23.1 Å². The second kappa shape index (κ2) is 7.57. The van der Waals surface area contributed by atoms with E-state index in [1.807, 2.05) is 0 Å². The third-order valence-electron chi connectivity index (χ3n) is 3.02. The minimum atomic E-state index is -5.13. The Hall–Kier alpha value is -3.22. The van der Waals surface area contributed by atoms with Crippen molar-refractivity contribution in [2.24, 2.45) is 0 Å². The van der Waals surface area contributed by atoms with E-state index in [1.54, 1.807) is 6.92 Å². The summed E-state index contributed by atoms with van der Waals surface area (Å²) in [7, 11) is 0. The van der Waals surface area contributed by atoms with E-state index >= 15 is 0 Å². The molecule has 2 aromatic rings. The molecule has 0 atom stereocenters. The molecule has 0 spiro atoms. The van der Waals surface area contributed by atoms with E-state index in [-0.39, 0.29) is 29.7 Å². The molecule has 0 fully saturated rings. The van der Waals surface area contributed by atoms with Crippen LogP contribution in [0.2, 0.25) is 5.15 Å². The Morgan fingerprint density at radius 2 is 1.85 bits per heavy atom. The number of hydrogen-bond donors (Lipinski definition) is 1. The number of nitro groups is 2. The molecule has 0 saturated heterocycles. The van der Waals surface area contributed by atoms with Crippen LogP contribution in [0.4, 0.5) is 36.1 Å². The summed E-state index contributed by atoms with van der Waals surface area (Å²) in [6.07, 6.45) is -5.13. The fourth-order valence-electron chi connectivity index (χ4n) is 2.00. The van der Waals surface area contributed by atoms with Gasteiger partial charge in [-0.1, -0.05) is 11.6 Å². The first kappa shape index (κ1) is 20.1. The van der Waals surface area contributed by atoms with E-state index in [0.29, 0.717) is 6.07 Å². The molecule has 0 unspecified atom stereocenters. The van der Waals surface area contributed by atoms with Crippen molar-refractivity contribution in [2.75, 3.05) is 11.9 Å². The van der Waals surface area contributed by atoms with Crippen LogP contribution in [0.1, 0.15) is 12.5 Å². The highest BCUT2D eigenvalue weighted by Gasteiger charge is 2.39. The lowest BCUT2D eigenvalue weighted by Crippen LogP contribution is -2.12. The van der Waals surface area contributed by atoms with Gasteiger partial charge in [0.15, 0.2) is 0 Å². The maximum Gasteiger partial charge on any atom is 0.418 e. The van der Waals surface area contributed by atoms with Crippen molar-refractivity contribution in [1.29, 1.82) is 0 Å². The van der Waals surface area contributed by atoms with Gasteiger partial charge in [0.05, 0.1) is 28.1 Å². The Morgan fingerprint density at radius 1 is 1.19 bits per heavy atom. The zero-order chi connectivity index (χ0) is 20.4. The van der Waals surface area contributed by atoms with Crippen molar-refractivity contribution >= 4 is 34.5 Å². The predicted molar refractivity (Wildman–Crippen MR) is 86.2 cm³/mol. The molecule has 0 radical (unpaired) electrons. The smallest absolute Gasteiger partial charge is 0.418 e. The number of nitro benzene ring substituents is 2. The Balaban J connectivity index is 2.68. The fourth-order valence-corrected chi connectivity index (χ4v) is 2.17. The van der Waals surface area contributed by atoms with E-state index in [1.165, 1.54) is 0 Å². The molecule has 10 nitrogen and oxygen atoms in total. The number of nitrogens with one attached hydrogen (secondary N) is 1. The zero-order valence-corrected chi connectivity index (χ0v) is 14.0. The Kier molecular flexibility index (Phi) is 5.64. The quantitative estimate of drug-likeness (QED) is 0.429. The summed E-state index contributed by atoms with van der Waals surface area (Å²) in [6, 6.07) is 1.33. The fraction of sp³-hybridized carbons (Fsp3) is 0.231. The van der Waals surface area contributed by atoms with Crippen LogP contribution in [-0.4, -0.2) is 26.4 Å². The van der Waals surface area contributed by atoms with Gasteiger partial charge in [0, 0.05) is 12.1 Å². The number of rotatable bonds is 6. The molecule has 0 aliphatic carbocycles. The van der Waals surface area contributed by atoms with Gasteiger partial charge in [-0.05, 0) is 6.92 Å². The molecular formula is C13H9ClF3N5O5. The molecule has 0 aliphatic heterocycles. The molecule has 1 aromatic heterocycles. The summed E-state index contributed by atoms with van der Waals surface area (Å²) >= 11 is 5.73. The van der Waals surface area contributed by atoms with Crippen LogP contribution in [0.25, 0.3) is 0 Å². The summed E-state index contributed by atoms with van der Waals surface area (Å²) < 4.78 is 45.0. The first-order valence-corrected chi connectivity index (χ1v) is 7.39. The minimum absolute atomic E-state index is 0.130. The number of benzene rings is 1. The van der Waals surface area contributed by atoms with Crippen LogP contribution in [0.5, 0.6) is 6.01 Å². The molecule has 1 N–H and O–H groups in total. The Labute approximate surface area is 153 Å².